The van der Waals surface area contributed by atoms with E-state index in [1.165, 1.54) is 63.8 Å². The first kappa shape index (κ1) is 39.3. The van der Waals surface area contributed by atoms with Crippen molar-refractivity contribution in [1.29, 1.82) is 0 Å². The van der Waals surface area contributed by atoms with Crippen LogP contribution in [-0.4, -0.2) is 149 Å². The zero-order valence-corrected chi connectivity index (χ0v) is 27.6. The number of aliphatic hydroxyl groups is 6. The summed E-state index contributed by atoms with van der Waals surface area (Å²) >= 11 is 0. The third kappa shape index (κ3) is 8.87. The van der Waals surface area contributed by atoms with Crippen molar-refractivity contribution in [3.8, 4) is 28.7 Å². The van der Waals surface area contributed by atoms with Crippen LogP contribution >= 0.6 is 0 Å². The number of methoxy groups -OCH3 is 3. The van der Waals surface area contributed by atoms with Gasteiger partial charge in [-0.25, -0.2) is 9.59 Å². The van der Waals surface area contributed by atoms with Gasteiger partial charge in [-0.3, -0.25) is 0 Å². The van der Waals surface area contributed by atoms with Gasteiger partial charge in [-0.15, -0.1) is 0 Å². The number of phenolic OH excluding ortho intramolecular Hbond substituents is 2. The van der Waals surface area contributed by atoms with Crippen molar-refractivity contribution < 1.29 is 88.3 Å². The van der Waals surface area contributed by atoms with Crippen molar-refractivity contribution in [2.45, 2.75) is 54.8 Å². The zero-order valence-electron chi connectivity index (χ0n) is 27.6. The Morgan fingerprint density at radius 2 is 1.39 bits per heavy atom. The highest BCUT2D eigenvalue weighted by Crippen LogP contribution is 2.39. The van der Waals surface area contributed by atoms with E-state index in [0.717, 1.165) is 12.2 Å². The first-order chi connectivity index (χ1) is 24.3. The number of aromatic hydroxyl groups is 2. The van der Waals surface area contributed by atoms with Crippen molar-refractivity contribution in [2.24, 2.45) is 0 Å². The standard InChI is InChI=1S/C33H40O18/c1-44-19-10-16(4-7-18(19)36)5-9-25(38)49-31-28(41)22(13-34)50-33(31,15-35)51-32-30(43)29(42)27(40)23(48-32)14-47-24(37)8-6-17-11-20(45-2)26(39)21(12-17)46-3/h4-12,22-23,27-32,34-36,39-43H,13-15H2,1-3H3/b8-6+,9-5+/t22-,23-,27-,28-,29+,30-,31+,32-,33+/m1/s1. The molecule has 2 aromatic carbocycles. The minimum Gasteiger partial charge on any atom is -0.504 e. The Balaban J connectivity index is 1.47. The van der Waals surface area contributed by atoms with Crippen molar-refractivity contribution in [2.75, 3.05) is 41.2 Å². The molecule has 2 saturated heterocycles. The highest BCUT2D eigenvalue weighted by molar-refractivity contribution is 5.88. The van der Waals surface area contributed by atoms with Crippen LogP contribution in [0.5, 0.6) is 28.7 Å². The third-order valence-electron chi connectivity index (χ3n) is 8.02. The van der Waals surface area contributed by atoms with Crippen LogP contribution in [0.2, 0.25) is 0 Å². The number of hydrogen-bond acceptors (Lipinski definition) is 18. The van der Waals surface area contributed by atoms with E-state index in [1.54, 1.807) is 0 Å². The summed E-state index contributed by atoms with van der Waals surface area (Å²) in [7, 11) is 3.98. The molecule has 0 radical (unpaired) electrons. The first-order valence-corrected chi connectivity index (χ1v) is 15.3. The maximum atomic E-state index is 12.8. The molecule has 0 bridgehead atoms. The molecule has 18 nitrogen and oxygen atoms in total. The molecular formula is C33H40O18. The Kier molecular flexibility index (Phi) is 13.2. The Hall–Kier alpha value is -4.50. The molecule has 280 valence electrons. The molecule has 2 aromatic rings. The van der Waals surface area contributed by atoms with Crippen LogP contribution in [0.4, 0.5) is 0 Å². The second kappa shape index (κ2) is 17.1. The maximum absolute atomic E-state index is 12.8. The van der Waals surface area contributed by atoms with Crippen LogP contribution in [0.15, 0.2) is 42.5 Å². The molecule has 4 rings (SSSR count). The maximum Gasteiger partial charge on any atom is 0.331 e. The zero-order chi connectivity index (χ0) is 37.5. The number of ether oxygens (including phenoxy) is 8. The summed E-state index contributed by atoms with van der Waals surface area (Å²) in [6.45, 7) is -2.65. The molecule has 8 N–H and O–H groups in total. The Morgan fingerprint density at radius 3 is 2.00 bits per heavy atom. The lowest BCUT2D eigenvalue weighted by Gasteiger charge is -2.43. The fourth-order valence-electron chi connectivity index (χ4n) is 5.27. The molecule has 0 saturated carbocycles. The molecule has 2 aliphatic heterocycles. The molecule has 0 aliphatic carbocycles. The number of hydrogen-bond donors (Lipinski definition) is 8. The molecule has 51 heavy (non-hydrogen) atoms. The number of esters is 2. The van der Waals surface area contributed by atoms with Gasteiger partial charge in [0, 0.05) is 12.2 Å². The van der Waals surface area contributed by atoms with Gasteiger partial charge in [0.15, 0.2) is 35.4 Å². The Bertz CT molecular complexity index is 1550. The highest BCUT2D eigenvalue weighted by atomic mass is 16.8. The van der Waals surface area contributed by atoms with Gasteiger partial charge >= 0.3 is 11.9 Å². The number of phenols is 2. The summed E-state index contributed by atoms with van der Waals surface area (Å²) in [4.78, 5) is 25.3. The number of benzene rings is 2. The average Bonchev–Trinajstić information content (AvgIpc) is 3.39. The lowest BCUT2D eigenvalue weighted by atomic mass is 9.99. The normalized spacial score (nSPS) is 29.3. The predicted molar refractivity (Wildman–Crippen MR) is 170 cm³/mol. The summed E-state index contributed by atoms with van der Waals surface area (Å²) in [5.41, 5.74) is 0.803. The number of carbonyl (C=O) groups excluding carboxylic acids is 2. The van der Waals surface area contributed by atoms with E-state index < -0.39 is 86.6 Å². The van der Waals surface area contributed by atoms with Crippen LogP contribution in [0.25, 0.3) is 12.2 Å². The fraction of sp³-hybridized carbons (Fsp3) is 0.455. The quantitative estimate of drug-likeness (QED) is 0.0819. The molecule has 18 heteroatoms. The van der Waals surface area contributed by atoms with Gasteiger partial charge < -0.3 is 78.7 Å². The van der Waals surface area contributed by atoms with Crippen LogP contribution < -0.4 is 14.2 Å². The second-order valence-corrected chi connectivity index (χ2v) is 11.3. The van der Waals surface area contributed by atoms with Crippen molar-refractivity contribution >= 4 is 24.1 Å². The van der Waals surface area contributed by atoms with Crippen LogP contribution in [0, 0.1) is 0 Å². The number of carbonyl (C=O) groups is 2. The summed E-state index contributed by atoms with van der Waals surface area (Å²) < 4.78 is 42.5. The van der Waals surface area contributed by atoms with E-state index in [0.29, 0.717) is 11.1 Å². The Morgan fingerprint density at radius 1 is 0.784 bits per heavy atom. The van der Waals surface area contributed by atoms with E-state index in [1.807, 2.05) is 0 Å². The molecule has 0 spiro atoms. The SMILES string of the molecule is COc1cc(/C=C/C(=O)O[C@H]2[C@H](O)[C@@H](CO)O[C@@]2(CO)O[C@H]2O[C@H](COC(=O)/C=C/c3cc(OC)c(O)c(OC)c3)[C@@H](O)[C@H](O)[C@H]2O)ccc1O. The minimum absolute atomic E-state index is 0.0769. The molecule has 9 atom stereocenters. The smallest absolute Gasteiger partial charge is 0.331 e. The second-order valence-electron chi connectivity index (χ2n) is 11.3. The molecule has 2 aliphatic rings. The largest absolute Gasteiger partial charge is 0.504 e. The lowest BCUT2D eigenvalue weighted by molar-refractivity contribution is -0.383. The Labute approximate surface area is 290 Å². The summed E-state index contributed by atoms with van der Waals surface area (Å²) in [5, 5.41) is 82.7. The average molecular weight is 725 g/mol. The van der Waals surface area contributed by atoms with Crippen molar-refractivity contribution in [3.05, 3.63) is 53.6 Å². The van der Waals surface area contributed by atoms with Gasteiger partial charge in [-0.05, 0) is 47.5 Å². The molecule has 0 unspecified atom stereocenters. The van der Waals surface area contributed by atoms with Crippen molar-refractivity contribution in [3.63, 3.8) is 0 Å². The summed E-state index contributed by atoms with van der Waals surface area (Å²) in [5.74, 6) is -4.59. The molecule has 0 aromatic heterocycles. The molecule has 2 fully saturated rings. The summed E-state index contributed by atoms with van der Waals surface area (Å²) in [6.07, 6.45) is -9.77. The summed E-state index contributed by atoms with van der Waals surface area (Å²) in [6, 6.07) is 7.06. The number of rotatable bonds is 14. The number of aliphatic hydroxyl groups excluding tert-OH is 6. The lowest BCUT2D eigenvalue weighted by Crippen LogP contribution is -2.63. The van der Waals surface area contributed by atoms with Gasteiger partial charge in [0.1, 0.15) is 49.8 Å². The monoisotopic (exact) mass is 724 g/mol. The topological polar surface area (TPSA) is 270 Å². The van der Waals surface area contributed by atoms with Crippen molar-refractivity contribution in [1.82, 2.24) is 0 Å². The fourth-order valence-corrected chi connectivity index (χ4v) is 5.27. The van der Waals surface area contributed by atoms with E-state index in [4.69, 9.17) is 37.9 Å². The van der Waals surface area contributed by atoms with Crippen LogP contribution in [0.1, 0.15) is 11.1 Å². The van der Waals surface area contributed by atoms with Crippen LogP contribution in [0.3, 0.4) is 0 Å². The highest BCUT2D eigenvalue weighted by Gasteiger charge is 2.60. The predicted octanol–water partition coefficient (Wildman–Crippen LogP) is -1.43. The van der Waals surface area contributed by atoms with Gasteiger partial charge in [0.25, 0.3) is 0 Å². The molecule has 0 amide bonds. The van der Waals surface area contributed by atoms with Gasteiger partial charge in [-0.1, -0.05) is 6.07 Å². The van der Waals surface area contributed by atoms with Gasteiger partial charge in [-0.2, -0.15) is 0 Å². The van der Waals surface area contributed by atoms with Crippen LogP contribution in [-0.2, 0) is 33.3 Å². The van der Waals surface area contributed by atoms with E-state index >= 15 is 0 Å². The molecule has 2 heterocycles. The third-order valence-corrected chi connectivity index (χ3v) is 8.02. The van der Waals surface area contributed by atoms with E-state index in [2.05, 4.69) is 0 Å². The van der Waals surface area contributed by atoms with Gasteiger partial charge in [0.05, 0.1) is 27.9 Å². The van der Waals surface area contributed by atoms with E-state index in [-0.39, 0.29) is 28.7 Å². The minimum atomic E-state index is -2.48. The van der Waals surface area contributed by atoms with E-state index in [9.17, 15) is 50.4 Å². The molecular weight excluding hydrogens is 684 g/mol. The first-order valence-electron chi connectivity index (χ1n) is 15.3. The van der Waals surface area contributed by atoms with Gasteiger partial charge in [0.2, 0.25) is 11.5 Å².